The number of carboxylic acid groups (broad SMARTS) is 1. The van der Waals surface area contributed by atoms with Crippen molar-refractivity contribution in [1.29, 1.82) is 0 Å². The first kappa shape index (κ1) is 19.1. The molecule has 0 aromatic rings. The van der Waals surface area contributed by atoms with E-state index in [9.17, 15) is 9.59 Å². The maximum absolute atomic E-state index is 12.6. The van der Waals surface area contributed by atoms with Gasteiger partial charge in [-0.25, -0.2) is 0 Å². The van der Waals surface area contributed by atoms with Crippen LogP contribution in [0.2, 0.25) is 0 Å². The van der Waals surface area contributed by atoms with Crippen molar-refractivity contribution in [3.05, 3.63) is 0 Å². The smallest absolute Gasteiger partial charge is 0.317 e. The SMILES string of the molecule is CCCCN1CCOCC1C(=O)NC1CC(N(CC)CC(=O)O)C1. The zero-order valence-electron chi connectivity index (χ0n) is 14.9. The average molecular weight is 341 g/mol. The van der Waals surface area contributed by atoms with Crippen LogP contribution in [0.5, 0.6) is 0 Å². The minimum atomic E-state index is -0.796. The van der Waals surface area contributed by atoms with Crippen LogP contribution in [0, 0.1) is 0 Å². The fourth-order valence-corrected chi connectivity index (χ4v) is 3.48. The van der Waals surface area contributed by atoms with Gasteiger partial charge in [-0.05, 0) is 32.4 Å². The van der Waals surface area contributed by atoms with E-state index in [1.54, 1.807) is 0 Å². The van der Waals surface area contributed by atoms with E-state index < -0.39 is 5.97 Å². The Labute approximate surface area is 144 Å². The monoisotopic (exact) mass is 341 g/mol. The van der Waals surface area contributed by atoms with E-state index in [0.717, 1.165) is 45.3 Å². The normalized spacial score (nSPS) is 27.7. The van der Waals surface area contributed by atoms with E-state index in [-0.39, 0.29) is 30.6 Å². The third-order valence-corrected chi connectivity index (χ3v) is 5.06. The van der Waals surface area contributed by atoms with Crippen LogP contribution in [-0.4, -0.2) is 84.3 Å². The van der Waals surface area contributed by atoms with Gasteiger partial charge in [-0.15, -0.1) is 0 Å². The Morgan fingerprint density at radius 3 is 2.71 bits per heavy atom. The molecule has 7 heteroatoms. The van der Waals surface area contributed by atoms with Gasteiger partial charge in [0.25, 0.3) is 0 Å². The molecule has 2 rings (SSSR count). The van der Waals surface area contributed by atoms with Crippen LogP contribution in [0.15, 0.2) is 0 Å². The van der Waals surface area contributed by atoms with Gasteiger partial charge in [0.1, 0.15) is 6.04 Å². The van der Waals surface area contributed by atoms with Crippen LogP contribution < -0.4 is 5.32 Å². The molecule has 1 saturated carbocycles. The fourth-order valence-electron chi connectivity index (χ4n) is 3.48. The summed E-state index contributed by atoms with van der Waals surface area (Å²) in [5.41, 5.74) is 0. The summed E-state index contributed by atoms with van der Waals surface area (Å²) >= 11 is 0. The highest BCUT2D eigenvalue weighted by molar-refractivity contribution is 5.82. The van der Waals surface area contributed by atoms with Crippen LogP contribution in [0.3, 0.4) is 0 Å². The van der Waals surface area contributed by atoms with E-state index >= 15 is 0 Å². The zero-order chi connectivity index (χ0) is 17.5. The largest absolute Gasteiger partial charge is 0.480 e. The third-order valence-electron chi connectivity index (χ3n) is 5.06. The van der Waals surface area contributed by atoms with Crippen molar-refractivity contribution in [3.8, 4) is 0 Å². The number of nitrogens with zero attached hydrogens (tertiary/aromatic N) is 2. The minimum Gasteiger partial charge on any atom is -0.480 e. The van der Waals surface area contributed by atoms with Gasteiger partial charge < -0.3 is 15.2 Å². The number of nitrogens with one attached hydrogen (secondary N) is 1. The van der Waals surface area contributed by atoms with E-state index in [4.69, 9.17) is 9.84 Å². The lowest BCUT2D eigenvalue weighted by Gasteiger charge is -2.43. The van der Waals surface area contributed by atoms with Crippen LogP contribution >= 0.6 is 0 Å². The van der Waals surface area contributed by atoms with Crippen molar-refractivity contribution < 1.29 is 19.4 Å². The molecule has 2 N–H and O–H groups in total. The first-order valence-corrected chi connectivity index (χ1v) is 9.13. The summed E-state index contributed by atoms with van der Waals surface area (Å²) in [6, 6.07) is 0.223. The van der Waals surface area contributed by atoms with Crippen molar-refractivity contribution >= 4 is 11.9 Å². The highest BCUT2D eigenvalue weighted by Gasteiger charge is 2.37. The van der Waals surface area contributed by atoms with E-state index in [1.165, 1.54) is 0 Å². The Morgan fingerprint density at radius 1 is 1.33 bits per heavy atom. The number of unbranched alkanes of at least 4 members (excludes halogenated alkanes) is 1. The van der Waals surface area contributed by atoms with Gasteiger partial charge in [-0.2, -0.15) is 0 Å². The van der Waals surface area contributed by atoms with Crippen LogP contribution in [0.1, 0.15) is 39.5 Å². The van der Waals surface area contributed by atoms with Gasteiger partial charge >= 0.3 is 5.97 Å². The molecule has 138 valence electrons. The van der Waals surface area contributed by atoms with Crippen molar-refractivity contribution in [1.82, 2.24) is 15.1 Å². The molecular weight excluding hydrogens is 310 g/mol. The highest BCUT2D eigenvalue weighted by Crippen LogP contribution is 2.26. The number of rotatable bonds is 9. The Kier molecular flexibility index (Phi) is 7.45. The molecule has 7 nitrogen and oxygen atoms in total. The lowest BCUT2D eigenvalue weighted by atomic mass is 9.85. The summed E-state index contributed by atoms with van der Waals surface area (Å²) in [6.45, 7) is 7.83. The molecule has 1 aliphatic heterocycles. The molecule has 1 atom stereocenters. The Morgan fingerprint density at radius 2 is 2.08 bits per heavy atom. The van der Waals surface area contributed by atoms with Crippen LogP contribution in [0.25, 0.3) is 0 Å². The highest BCUT2D eigenvalue weighted by atomic mass is 16.5. The topological polar surface area (TPSA) is 82.1 Å². The Bertz CT molecular complexity index is 426. The number of ether oxygens (including phenoxy) is 1. The summed E-state index contributed by atoms with van der Waals surface area (Å²) < 4.78 is 5.49. The summed E-state index contributed by atoms with van der Waals surface area (Å²) in [7, 11) is 0. The molecule has 0 bridgehead atoms. The third kappa shape index (κ3) is 5.16. The number of carbonyl (C=O) groups excluding carboxylic acids is 1. The number of hydrogen-bond acceptors (Lipinski definition) is 5. The molecule has 0 aromatic carbocycles. The average Bonchev–Trinajstić information content (AvgIpc) is 2.53. The van der Waals surface area contributed by atoms with Gasteiger partial charge in [0, 0.05) is 18.6 Å². The molecule has 0 aromatic heterocycles. The van der Waals surface area contributed by atoms with Crippen molar-refractivity contribution in [3.63, 3.8) is 0 Å². The first-order chi connectivity index (χ1) is 11.5. The molecule has 0 radical (unpaired) electrons. The molecule has 2 fully saturated rings. The number of amides is 1. The number of carboxylic acids is 1. The Balaban J connectivity index is 1.77. The second kappa shape index (κ2) is 9.34. The predicted octanol–water partition coefficient (Wildman–Crippen LogP) is 0.541. The number of likely N-dealkylation sites (N-methyl/N-ethyl adjacent to an activating group) is 1. The quantitative estimate of drug-likeness (QED) is 0.637. The molecule has 1 heterocycles. The summed E-state index contributed by atoms with van der Waals surface area (Å²) in [4.78, 5) is 27.6. The standard InChI is InChI=1S/C17H31N3O4/c1-3-5-6-20-7-8-24-12-15(20)17(23)18-13-9-14(10-13)19(4-2)11-16(21)22/h13-15H,3-12H2,1-2H3,(H,18,23)(H,21,22). The maximum atomic E-state index is 12.6. The van der Waals surface area contributed by atoms with Gasteiger partial charge in [0.05, 0.1) is 19.8 Å². The number of carbonyl (C=O) groups is 2. The fraction of sp³-hybridized carbons (Fsp3) is 0.882. The van der Waals surface area contributed by atoms with Gasteiger partial charge in [-0.3, -0.25) is 19.4 Å². The van der Waals surface area contributed by atoms with E-state index in [1.807, 2.05) is 11.8 Å². The lowest BCUT2D eigenvalue weighted by Crippen LogP contribution is -2.60. The van der Waals surface area contributed by atoms with Crippen molar-refractivity contribution in [2.24, 2.45) is 0 Å². The molecule has 1 saturated heterocycles. The lowest BCUT2D eigenvalue weighted by molar-refractivity contribution is -0.140. The van der Waals surface area contributed by atoms with Gasteiger partial charge in [-0.1, -0.05) is 20.3 Å². The molecule has 24 heavy (non-hydrogen) atoms. The van der Waals surface area contributed by atoms with Crippen molar-refractivity contribution in [2.45, 2.75) is 57.7 Å². The number of morpholine rings is 1. The summed E-state index contributed by atoms with van der Waals surface area (Å²) in [6.07, 6.45) is 3.87. The molecule has 1 aliphatic carbocycles. The molecule has 0 spiro atoms. The second-order valence-corrected chi connectivity index (χ2v) is 6.77. The summed E-state index contributed by atoms with van der Waals surface area (Å²) in [5.74, 6) is -0.745. The maximum Gasteiger partial charge on any atom is 0.317 e. The minimum absolute atomic E-state index is 0.0514. The van der Waals surface area contributed by atoms with Gasteiger partial charge in [0.2, 0.25) is 5.91 Å². The van der Waals surface area contributed by atoms with Gasteiger partial charge in [0.15, 0.2) is 0 Å². The molecular formula is C17H31N3O4. The zero-order valence-corrected chi connectivity index (χ0v) is 14.9. The number of aliphatic carboxylic acids is 1. The first-order valence-electron chi connectivity index (χ1n) is 9.13. The Hall–Kier alpha value is -1.18. The summed E-state index contributed by atoms with van der Waals surface area (Å²) in [5, 5.41) is 12.1. The predicted molar refractivity (Wildman–Crippen MR) is 90.9 cm³/mol. The van der Waals surface area contributed by atoms with E-state index in [2.05, 4.69) is 17.1 Å². The van der Waals surface area contributed by atoms with Crippen molar-refractivity contribution in [2.75, 3.05) is 39.4 Å². The molecule has 2 aliphatic rings. The van der Waals surface area contributed by atoms with Crippen LogP contribution in [-0.2, 0) is 14.3 Å². The second-order valence-electron chi connectivity index (χ2n) is 6.77. The molecule has 1 unspecified atom stereocenters. The van der Waals surface area contributed by atoms with E-state index in [0.29, 0.717) is 13.2 Å². The van der Waals surface area contributed by atoms with Crippen LogP contribution in [0.4, 0.5) is 0 Å². The molecule has 1 amide bonds. The number of hydrogen-bond donors (Lipinski definition) is 2.